The fourth-order valence-electron chi connectivity index (χ4n) is 3.69. The molecule has 0 aromatic heterocycles. The lowest BCUT2D eigenvalue weighted by molar-refractivity contribution is -0.170. The summed E-state index contributed by atoms with van der Waals surface area (Å²) in [4.78, 5) is 33.0. The van der Waals surface area contributed by atoms with Crippen molar-refractivity contribution in [3.8, 4) is 11.5 Å². The van der Waals surface area contributed by atoms with Crippen LogP contribution in [0.15, 0.2) is 24.3 Å². The molecular weight excluding hydrogens is 434 g/mol. The molecular formula is C23H31NO9. The van der Waals surface area contributed by atoms with Gasteiger partial charge in [-0.25, -0.2) is 4.79 Å². The Hall–Kier alpha value is -3.11. The third-order valence-corrected chi connectivity index (χ3v) is 5.36. The van der Waals surface area contributed by atoms with Crippen LogP contribution >= 0.6 is 0 Å². The van der Waals surface area contributed by atoms with Crippen molar-refractivity contribution in [3.05, 3.63) is 35.4 Å². The van der Waals surface area contributed by atoms with Crippen molar-refractivity contribution in [2.24, 2.45) is 5.41 Å². The molecule has 0 amide bonds. The molecule has 0 fully saturated rings. The summed E-state index contributed by atoms with van der Waals surface area (Å²) in [6.07, 6.45) is 3.47. The van der Waals surface area contributed by atoms with Crippen LogP contribution in [-0.2, 0) is 20.9 Å². The molecule has 0 aliphatic carbocycles. The van der Waals surface area contributed by atoms with E-state index >= 15 is 0 Å². The number of fused-ring (bicyclic) bond motifs is 1. The first-order valence-corrected chi connectivity index (χ1v) is 10.5. The number of rotatable bonds is 7. The maximum atomic E-state index is 10.3. The number of carboxylic acids is 3. The van der Waals surface area contributed by atoms with Gasteiger partial charge < -0.3 is 29.9 Å². The predicted octanol–water partition coefficient (Wildman–Crippen LogP) is 2.26. The van der Waals surface area contributed by atoms with Gasteiger partial charge in [0, 0.05) is 19.6 Å². The van der Waals surface area contributed by atoms with Gasteiger partial charge >= 0.3 is 17.9 Å². The summed E-state index contributed by atoms with van der Waals surface area (Å²) in [5, 5.41) is 33.8. The van der Waals surface area contributed by atoms with Gasteiger partial charge in [-0.15, -0.1) is 0 Å². The lowest BCUT2D eigenvalue weighted by atomic mass is 9.89. The molecule has 10 heteroatoms. The van der Waals surface area contributed by atoms with E-state index in [2.05, 4.69) is 50.0 Å². The average molecular weight is 465 g/mol. The molecule has 2 heterocycles. The van der Waals surface area contributed by atoms with Crippen LogP contribution in [-0.4, -0.2) is 68.7 Å². The number of nitrogens with zero attached hydrogens (tertiary/aromatic N) is 1. The highest BCUT2D eigenvalue weighted by Gasteiger charge is 2.40. The van der Waals surface area contributed by atoms with E-state index in [0.717, 1.165) is 37.6 Å². The Kier molecular flexibility index (Phi) is 8.45. The Bertz CT molecular complexity index is 907. The summed E-state index contributed by atoms with van der Waals surface area (Å²) >= 11 is 0. The number of aliphatic hydroxyl groups is 1. The second-order valence-corrected chi connectivity index (χ2v) is 9.12. The highest BCUT2D eigenvalue weighted by atomic mass is 16.7. The van der Waals surface area contributed by atoms with Crippen LogP contribution in [0.1, 0.15) is 44.2 Å². The third-order valence-electron chi connectivity index (χ3n) is 5.36. The van der Waals surface area contributed by atoms with E-state index in [1.54, 1.807) is 0 Å². The summed E-state index contributed by atoms with van der Waals surface area (Å²) in [6.45, 7) is 10.3. The van der Waals surface area contributed by atoms with E-state index in [4.69, 9.17) is 29.9 Å². The molecule has 0 bridgehead atoms. The van der Waals surface area contributed by atoms with Gasteiger partial charge in [0.2, 0.25) is 6.79 Å². The van der Waals surface area contributed by atoms with Gasteiger partial charge in [0.05, 0.1) is 12.8 Å². The number of aliphatic carboxylic acids is 3. The van der Waals surface area contributed by atoms with Crippen molar-refractivity contribution < 1.29 is 44.3 Å². The van der Waals surface area contributed by atoms with Gasteiger partial charge in [-0.1, -0.05) is 26.0 Å². The Morgan fingerprint density at radius 2 is 1.61 bits per heavy atom. The molecule has 33 heavy (non-hydrogen) atoms. The molecule has 10 nitrogen and oxygen atoms in total. The van der Waals surface area contributed by atoms with Crippen LogP contribution in [0.2, 0.25) is 0 Å². The molecule has 0 radical (unpaired) electrons. The number of carboxylic acid groups (broad SMARTS) is 3. The fraction of sp³-hybridized carbons (Fsp3) is 0.522. The van der Waals surface area contributed by atoms with Crippen LogP contribution in [0.5, 0.6) is 11.5 Å². The minimum Gasteiger partial charge on any atom is -0.481 e. The summed E-state index contributed by atoms with van der Waals surface area (Å²) in [7, 11) is 0. The highest BCUT2D eigenvalue weighted by Crippen LogP contribution is 2.35. The Labute approximate surface area is 192 Å². The lowest BCUT2D eigenvalue weighted by Crippen LogP contribution is -2.42. The third kappa shape index (κ3) is 7.76. The Morgan fingerprint density at radius 1 is 1.03 bits per heavy atom. The standard InChI is InChI=1S/C17H23NO2.C6H8O7/c1-13-8-15-16(20-12-19-15)9-14(13)10-18-7-5-4-6-17(2,3)11-18;7-3(8)1-6(13,5(11)12)2-4(9)10/h4-5,8-9H,6-7,10-12H2,1-3H3;13H,1-2H2,(H,7,8)(H,9,10)(H,11,12). The largest absolute Gasteiger partial charge is 0.481 e. The zero-order valence-electron chi connectivity index (χ0n) is 19.0. The molecule has 0 saturated carbocycles. The van der Waals surface area contributed by atoms with Crippen molar-refractivity contribution in [2.75, 3.05) is 19.9 Å². The monoisotopic (exact) mass is 465 g/mol. The maximum absolute atomic E-state index is 10.3. The number of hydrogen-bond donors (Lipinski definition) is 4. The molecule has 4 N–H and O–H groups in total. The second-order valence-electron chi connectivity index (χ2n) is 9.12. The number of carbonyl (C=O) groups is 3. The molecule has 3 rings (SSSR count). The average Bonchev–Trinajstić information content (AvgIpc) is 3.03. The molecule has 2 aliphatic heterocycles. The first-order valence-electron chi connectivity index (χ1n) is 10.5. The van der Waals surface area contributed by atoms with Crippen LogP contribution in [0.4, 0.5) is 0 Å². The van der Waals surface area contributed by atoms with Gasteiger partial charge in [0.25, 0.3) is 0 Å². The van der Waals surface area contributed by atoms with E-state index < -0.39 is 36.4 Å². The number of aryl methyl sites for hydroxylation is 1. The molecule has 0 atom stereocenters. The topological polar surface area (TPSA) is 154 Å². The summed E-state index contributed by atoms with van der Waals surface area (Å²) in [5.74, 6) is -3.26. The van der Waals surface area contributed by atoms with Gasteiger partial charge in [-0.2, -0.15) is 0 Å². The van der Waals surface area contributed by atoms with Gasteiger partial charge in [0.15, 0.2) is 17.1 Å². The van der Waals surface area contributed by atoms with Gasteiger partial charge in [0.1, 0.15) is 0 Å². The summed E-state index contributed by atoms with van der Waals surface area (Å²) < 4.78 is 10.9. The number of allylic oxidation sites excluding steroid dienone is 1. The molecule has 0 unspecified atom stereocenters. The van der Waals surface area contributed by atoms with Crippen LogP contribution < -0.4 is 9.47 Å². The van der Waals surface area contributed by atoms with Crippen LogP contribution in [0.3, 0.4) is 0 Å². The van der Waals surface area contributed by atoms with Gasteiger partial charge in [-0.3, -0.25) is 14.5 Å². The fourth-order valence-corrected chi connectivity index (χ4v) is 3.69. The Morgan fingerprint density at radius 3 is 2.15 bits per heavy atom. The minimum atomic E-state index is -2.74. The normalized spacial score (nSPS) is 17.0. The van der Waals surface area contributed by atoms with E-state index in [-0.39, 0.29) is 0 Å². The first kappa shape index (κ1) is 26.1. The minimum absolute atomic E-state index is 0.344. The lowest BCUT2D eigenvalue weighted by Gasteiger charge is -2.30. The van der Waals surface area contributed by atoms with Crippen molar-refractivity contribution in [1.29, 1.82) is 0 Å². The molecule has 1 aromatic rings. The van der Waals surface area contributed by atoms with E-state index in [1.807, 2.05) is 0 Å². The Balaban J connectivity index is 0.000000260. The molecule has 182 valence electrons. The van der Waals surface area contributed by atoms with E-state index in [9.17, 15) is 14.4 Å². The second kappa shape index (κ2) is 10.7. The number of benzene rings is 1. The smallest absolute Gasteiger partial charge is 0.336 e. The van der Waals surface area contributed by atoms with Crippen LogP contribution in [0, 0.1) is 12.3 Å². The summed E-state index contributed by atoms with van der Waals surface area (Å²) in [5.41, 5.74) is 0.218. The maximum Gasteiger partial charge on any atom is 0.336 e. The highest BCUT2D eigenvalue weighted by molar-refractivity contribution is 5.88. The molecule has 0 saturated heterocycles. The van der Waals surface area contributed by atoms with E-state index in [1.165, 1.54) is 11.1 Å². The zero-order valence-corrected chi connectivity index (χ0v) is 19.0. The summed E-state index contributed by atoms with van der Waals surface area (Å²) in [6, 6.07) is 4.23. The predicted molar refractivity (Wildman–Crippen MR) is 117 cm³/mol. The quantitative estimate of drug-likeness (QED) is 0.441. The van der Waals surface area contributed by atoms with E-state index in [0.29, 0.717) is 12.2 Å². The zero-order chi connectivity index (χ0) is 24.8. The first-order chi connectivity index (χ1) is 15.3. The van der Waals surface area contributed by atoms with Crippen molar-refractivity contribution in [1.82, 2.24) is 4.90 Å². The molecule has 0 spiro atoms. The van der Waals surface area contributed by atoms with Crippen molar-refractivity contribution in [2.45, 2.75) is 52.2 Å². The number of hydrogen-bond acceptors (Lipinski definition) is 7. The number of ether oxygens (including phenoxy) is 2. The SMILES string of the molecule is Cc1cc2c(cc1CN1CC=CCC(C)(C)C1)OCO2.O=C(O)CC(O)(CC(=O)O)C(=O)O. The van der Waals surface area contributed by atoms with Gasteiger partial charge in [-0.05, 0) is 42.0 Å². The van der Waals surface area contributed by atoms with Crippen molar-refractivity contribution >= 4 is 17.9 Å². The molecule has 1 aromatic carbocycles. The van der Waals surface area contributed by atoms with Crippen molar-refractivity contribution in [3.63, 3.8) is 0 Å². The molecule has 2 aliphatic rings. The van der Waals surface area contributed by atoms with Crippen LogP contribution in [0.25, 0.3) is 0 Å².